The zero-order valence-electron chi connectivity index (χ0n) is 25.4. The molecule has 8 rings (SSSR count). The first-order valence-corrected chi connectivity index (χ1v) is 19.0. The van der Waals surface area contributed by atoms with Gasteiger partial charge in [0.25, 0.3) is 0 Å². The Morgan fingerprint density at radius 1 is 0.341 bits per heavy atom. The van der Waals surface area contributed by atoms with Crippen molar-refractivity contribution in [3.05, 3.63) is 152 Å². The Balaban J connectivity index is 1.32. The maximum absolute atomic E-state index is 2.43. The van der Waals surface area contributed by atoms with E-state index in [2.05, 4.69) is 171 Å². The highest BCUT2D eigenvalue weighted by molar-refractivity contribution is 6.90. The zero-order chi connectivity index (χ0) is 29.8. The molecular formula is C43H34Si. The van der Waals surface area contributed by atoms with E-state index in [1.165, 1.54) is 81.7 Å². The maximum Gasteiger partial charge on any atom is 0.0784 e. The summed E-state index contributed by atoms with van der Waals surface area (Å²) in [5.74, 6) is 0. The normalized spacial score (nSPS) is 12.0. The molecule has 0 radical (unpaired) electrons. The minimum Gasteiger partial charge on any atom is -0.0656 e. The van der Waals surface area contributed by atoms with Crippen molar-refractivity contribution < 1.29 is 0 Å². The van der Waals surface area contributed by atoms with Gasteiger partial charge in [0.2, 0.25) is 0 Å². The first-order valence-electron chi connectivity index (χ1n) is 15.5. The molecule has 0 fully saturated rings. The van der Waals surface area contributed by atoms with E-state index in [4.69, 9.17) is 0 Å². The molecule has 0 amide bonds. The molecule has 0 spiro atoms. The second-order valence-corrected chi connectivity index (χ2v) is 18.0. The lowest BCUT2D eigenvalue weighted by molar-refractivity contribution is 1.63. The molecule has 0 aliphatic heterocycles. The van der Waals surface area contributed by atoms with Crippen LogP contribution in [0.1, 0.15) is 0 Å². The number of rotatable bonds is 4. The zero-order valence-corrected chi connectivity index (χ0v) is 26.4. The van der Waals surface area contributed by atoms with Crippen LogP contribution in [0.15, 0.2) is 152 Å². The summed E-state index contributed by atoms with van der Waals surface area (Å²) in [6.07, 6.45) is 0. The van der Waals surface area contributed by atoms with Crippen molar-refractivity contribution >= 4 is 56.4 Å². The molecule has 1 heteroatoms. The van der Waals surface area contributed by atoms with Crippen LogP contribution in [0.25, 0.3) is 76.5 Å². The molecule has 0 atom stereocenters. The van der Waals surface area contributed by atoms with Gasteiger partial charge < -0.3 is 0 Å². The van der Waals surface area contributed by atoms with Crippen LogP contribution in [-0.2, 0) is 0 Å². The Morgan fingerprint density at radius 2 is 0.795 bits per heavy atom. The topological polar surface area (TPSA) is 0 Å². The van der Waals surface area contributed by atoms with Crippen LogP contribution in [0.5, 0.6) is 0 Å². The summed E-state index contributed by atoms with van der Waals surface area (Å²) in [6, 6.07) is 56.3. The minimum absolute atomic E-state index is 1.24. The summed E-state index contributed by atoms with van der Waals surface area (Å²) in [5.41, 5.74) is 7.66. The lowest BCUT2D eigenvalue weighted by Crippen LogP contribution is -2.38. The Bertz CT molecular complexity index is 2300. The molecule has 44 heavy (non-hydrogen) atoms. The quantitative estimate of drug-likeness (QED) is 0.144. The molecule has 0 N–H and O–H groups in total. The van der Waals surface area contributed by atoms with E-state index >= 15 is 0 Å². The molecule has 8 aromatic carbocycles. The van der Waals surface area contributed by atoms with E-state index < -0.39 is 8.07 Å². The van der Waals surface area contributed by atoms with Gasteiger partial charge >= 0.3 is 0 Å². The Morgan fingerprint density at radius 3 is 1.39 bits per heavy atom. The van der Waals surface area contributed by atoms with Crippen LogP contribution in [0.4, 0.5) is 0 Å². The van der Waals surface area contributed by atoms with Crippen molar-refractivity contribution in [2.45, 2.75) is 19.6 Å². The molecule has 210 valence electrons. The second kappa shape index (κ2) is 10.3. The van der Waals surface area contributed by atoms with Gasteiger partial charge in [0.05, 0.1) is 8.07 Å². The van der Waals surface area contributed by atoms with Crippen LogP contribution >= 0.6 is 0 Å². The molecule has 0 nitrogen and oxygen atoms in total. The largest absolute Gasteiger partial charge is 0.0784 e. The monoisotopic (exact) mass is 578 g/mol. The van der Waals surface area contributed by atoms with Crippen molar-refractivity contribution in [3.63, 3.8) is 0 Å². The fraction of sp³-hybridized carbons (Fsp3) is 0.0698. The highest BCUT2D eigenvalue weighted by Gasteiger charge is 2.21. The van der Waals surface area contributed by atoms with Crippen molar-refractivity contribution in [2.24, 2.45) is 0 Å². The third-order valence-corrected chi connectivity index (χ3v) is 11.2. The van der Waals surface area contributed by atoms with Gasteiger partial charge in [0, 0.05) is 0 Å². The van der Waals surface area contributed by atoms with E-state index in [1.54, 1.807) is 0 Å². The second-order valence-electron chi connectivity index (χ2n) is 12.9. The van der Waals surface area contributed by atoms with E-state index in [-0.39, 0.29) is 0 Å². The molecule has 0 bridgehead atoms. The molecule has 8 aromatic rings. The molecule has 0 aromatic heterocycles. The molecule has 0 aliphatic rings. The molecule has 0 saturated carbocycles. The van der Waals surface area contributed by atoms with Crippen LogP contribution < -0.4 is 5.19 Å². The fourth-order valence-corrected chi connectivity index (χ4v) is 8.73. The lowest BCUT2D eigenvalue weighted by atomic mass is 9.85. The van der Waals surface area contributed by atoms with Gasteiger partial charge in [-0.2, -0.15) is 0 Å². The Kier molecular flexibility index (Phi) is 6.25. The highest BCUT2D eigenvalue weighted by Crippen LogP contribution is 2.44. The van der Waals surface area contributed by atoms with Gasteiger partial charge in [-0.05, 0) is 82.5 Å². The first kappa shape index (κ1) is 26.6. The van der Waals surface area contributed by atoms with Crippen molar-refractivity contribution in [2.75, 3.05) is 0 Å². The van der Waals surface area contributed by atoms with Gasteiger partial charge in [0.15, 0.2) is 0 Å². The minimum atomic E-state index is -1.47. The number of hydrogen-bond acceptors (Lipinski definition) is 0. The van der Waals surface area contributed by atoms with E-state index in [0.29, 0.717) is 0 Å². The Labute approximate surface area is 260 Å². The summed E-state index contributed by atoms with van der Waals surface area (Å²) in [6.45, 7) is 7.30. The predicted molar refractivity (Wildman–Crippen MR) is 196 cm³/mol. The summed E-state index contributed by atoms with van der Waals surface area (Å²) in [5, 5.41) is 11.9. The van der Waals surface area contributed by atoms with Crippen molar-refractivity contribution in [1.29, 1.82) is 0 Å². The standard InChI is InChI=1S/C43H34Si/c1-44(2,3)41-27-26-34(35-14-6-7-15-36(35)41)30-21-23-31(24-22-30)42-37-16-8-10-18-39(37)43(40-19-11-9-17-38(40)42)33-25-20-29-12-4-5-13-32(29)28-33/h4-28H,1-3H3. The van der Waals surface area contributed by atoms with E-state index in [9.17, 15) is 0 Å². The van der Waals surface area contributed by atoms with Crippen LogP contribution in [0, 0.1) is 0 Å². The SMILES string of the molecule is C[Si](C)(C)c1ccc(-c2ccc(-c3c4ccccc4c(-c4ccc5ccccc5c4)c4ccccc34)cc2)c2ccccc12. The summed E-state index contributed by atoms with van der Waals surface area (Å²) in [7, 11) is -1.47. The van der Waals surface area contributed by atoms with Gasteiger partial charge in [-0.3, -0.25) is 0 Å². The summed E-state index contributed by atoms with van der Waals surface area (Å²) >= 11 is 0. The highest BCUT2D eigenvalue weighted by atomic mass is 28.3. The summed E-state index contributed by atoms with van der Waals surface area (Å²) in [4.78, 5) is 0. The van der Waals surface area contributed by atoms with Gasteiger partial charge in [0.1, 0.15) is 0 Å². The van der Waals surface area contributed by atoms with Crippen LogP contribution in [-0.4, -0.2) is 8.07 Å². The molecule has 0 unspecified atom stereocenters. The third kappa shape index (κ3) is 4.35. The van der Waals surface area contributed by atoms with Gasteiger partial charge in [-0.1, -0.05) is 170 Å². The number of hydrogen-bond donors (Lipinski definition) is 0. The predicted octanol–water partition coefficient (Wildman–Crippen LogP) is 11.8. The van der Waals surface area contributed by atoms with Crippen LogP contribution in [0.2, 0.25) is 19.6 Å². The van der Waals surface area contributed by atoms with Crippen molar-refractivity contribution in [3.8, 4) is 33.4 Å². The van der Waals surface area contributed by atoms with Gasteiger partial charge in [-0.15, -0.1) is 0 Å². The van der Waals surface area contributed by atoms with Crippen molar-refractivity contribution in [1.82, 2.24) is 0 Å². The first-order chi connectivity index (χ1) is 21.5. The lowest BCUT2D eigenvalue weighted by Gasteiger charge is -2.21. The smallest absolute Gasteiger partial charge is 0.0656 e. The van der Waals surface area contributed by atoms with Gasteiger partial charge in [-0.25, -0.2) is 0 Å². The van der Waals surface area contributed by atoms with E-state index in [1.807, 2.05) is 0 Å². The third-order valence-electron chi connectivity index (χ3n) is 9.19. The van der Waals surface area contributed by atoms with E-state index in [0.717, 1.165) is 0 Å². The number of fused-ring (bicyclic) bond motifs is 4. The molecule has 0 heterocycles. The summed E-state index contributed by atoms with van der Waals surface area (Å²) < 4.78 is 0. The molecule has 0 saturated heterocycles. The van der Waals surface area contributed by atoms with Crippen LogP contribution in [0.3, 0.4) is 0 Å². The fourth-order valence-electron chi connectivity index (χ4n) is 7.12. The molecule has 0 aliphatic carbocycles. The Hall–Kier alpha value is -4.98. The number of benzene rings is 8. The maximum atomic E-state index is 2.43. The molecular weight excluding hydrogens is 545 g/mol. The average molecular weight is 579 g/mol. The average Bonchev–Trinajstić information content (AvgIpc) is 3.06.